The SMILES string of the molecule is O=C(CN1C(=O)CSc2ccc(S(=O)(=O)N3CCCC3)cc21)Nc1ccc(F)cc1. The summed E-state index contributed by atoms with van der Waals surface area (Å²) >= 11 is 1.31. The Bertz CT molecular complexity index is 1080. The summed E-state index contributed by atoms with van der Waals surface area (Å²) in [6.45, 7) is 0.699. The Labute approximate surface area is 178 Å². The van der Waals surface area contributed by atoms with Crippen LogP contribution in [0.5, 0.6) is 0 Å². The minimum absolute atomic E-state index is 0.113. The standard InChI is InChI=1S/C20H20FN3O4S2/c21-14-3-5-15(6-4-14)22-19(25)12-24-17-11-16(7-8-18(17)29-13-20(24)26)30(27,28)23-9-1-2-10-23/h3-8,11H,1-2,9-10,12-13H2,(H,22,25). The van der Waals surface area contributed by atoms with Crippen LogP contribution in [0.25, 0.3) is 0 Å². The van der Waals surface area contributed by atoms with E-state index in [2.05, 4.69) is 5.32 Å². The molecule has 10 heteroatoms. The minimum Gasteiger partial charge on any atom is -0.325 e. The van der Waals surface area contributed by atoms with Crippen LogP contribution in [0.3, 0.4) is 0 Å². The second kappa shape index (κ2) is 8.37. The molecule has 0 bridgehead atoms. The number of halogens is 1. The van der Waals surface area contributed by atoms with Crippen LogP contribution in [0.2, 0.25) is 0 Å². The van der Waals surface area contributed by atoms with Crippen molar-refractivity contribution in [2.75, 3.05) is 35.6 Å². The molecule has 7 nitrogen and oxygen atoms in total. The monoisotopic (exact) mass is 449 g/mol. The molecular weight excluding hydrogens is 429 g/mol. The second-order valence-corrected chi connectivity index (χ2v) is 10.0. The molecule has 4 rings (SSSR count). The van der Waals surface area contributed by atoms with Crippen LogP contribution in [0.15, 0.2) is 52.3 Å². The molecule has 0 spiro atoms. The van der Waals surface area contributed by atoms with Crippen LogP contribution >= 0.6 is 11.8 Å². The van der Waals surface area contributed by atoms with Crippen molar-refractivity contribution in [3.05, 3.63) is 48.3 Å². The number of hydrogen-bond acceptors (Lipinski definition) is 5. The molecule has 0 aromatic heterocycles. The first-order chi connectivity index (χ1) is 14.3. The van der Waals surface area contributed by atoms with Crippen LogP contribution < -0.4 is 10.2 Å². The zero-order valence-corrected chi connectivity index (χ0v) is 17.6. The third-order valence-electron chi connectivity index (χ3n) is 5.01. The highest BCUT2D eigenvalue weighted by atomic mass is 32.2. The van der Waals surface area contributed by atoms with Gasteiger partial charge in [0, 0.05) is 23.7 Å². The number of nitrogens with one attached hydrogen (secondary N) is 1. The molecule has 2 aliphatic heterocycles. The number of benzene rings is 2. The molecule has 2 aromatic carbocycles. The second-order valence-electron chi connectivity index (χ2n) is 7.06. The molecule has 1 fully saturated rings. The lowest BCUT2D eigenvalue weighted by atomic mass is 10.2. The van der Waals surface area contributed by atoms with E-state index in [1.165, 1.54) is 51.3 Å². The van der Waals surface area contributed by atoms with Gasteiger partial charge in [-0.05, 0) is 55.3 Å². The number of fused-ring (bicyclic) bond motifs is 1. The number of rotatable bonds is 5. The highest BCUT2D eigenvalue weighted by Gasteiger charge is 2.31. The van der Waals surface area contributed by atoms with Gasteiger partial charge in [-0.25, -0.2) is 12.8 Å². The van der Waals surface area contributed by atoms with Gasteiger partial charge in [-0.2, -0.15) is 4.31 Å². The third-order valence-corrected chi connectivity index (χ3v) is 7.95. The first-order valence-electron chi connectivity index (χ1n) is 9.47. The van der Waals surface area contributed by atoms with E-state index >= 15 is 0 Å². The maximum absolute atomic E-state index is 13.0. The summed E-state index contributed by atoms with van der Waals surface area (Å²) in [7, 11) is -3.64. The Morgan fingerprint density at radius 2 is 1.80 bits per heavy atom. The molecule has 158 valence electrons. The number of hydrogen-bond donors (Lipinski definition) is 1. The minimum atomic E-state index is -3.64. The van der Waals surface area contributed by atoms with Crippen LogP contribution in [-0.4, -0.2) is 49.9 Å². The van der Waals surface area contributed by atoms with E-state index in [4.69, 9.17) is 0 Å². The van der Waals surface area contributed by atoms with Gasteiger partial charge in [0.05, 0.1) is 16.3 Å². The Balaban J connectivity index is 1.58. The van der Waals surface area contributed by atoms with Crippen molar-refractivity contribution in [3.63, 3.8) is 0 Å². The van der Waals surface area contributed by atoms with Gasteiger partial charge in [0.15, 0.2) is 0 Å². The predicted octanol–water partition coefficient (Wildman–Crippen LogP) is 2.69. The van der Waals surface area contributed by atoms with Crippen molar-refractivity contribution in [2.24, 2.45) is 0 Å². The maximum Gasteiger partial charge on any atom is 0.244 e. The average molecular weight is 450 g/mol. The first kappa shape index (κ1) is 20.8. The smallest absolute Gasteiger partial charge is 0.244 e. The van der Waals surface area contributed by atoms with Crippen LogP contribution in [-0.2, 0) is 19.6 Å². The number of anilines is 2. The molecule has 2 heterocycles. The van der Waals surface area contributed by atoms with Crippen molar-refractivity contribution < 1.29 is 22.4 Å². The molecule has 0 saturated carbocycles. The average Bonchev–Trinajstić information content (AvgIpc) is 3.27. The Morgan fingerprint density at radius 3 is 2.50 bits per heavy atom. The molecule has 0 unspecified atom stereocenters. The van der Waals surface area contributed by atoms with Crippen LogP contribution in [0.1, 0.15) is 12.8 Å². The van der Waals surface area contributed by atoms with Gasteiger partial charge in [-0.1, -0.05) is 0 Å². The van der Waals surface area contributed by atoms with Gasteiger partial charge in [0.2, 0.25) is 21.8 Å². The zero-order valence-electron chi connectivity index (χ0n) is 16.0. The fourth-order valence-electron chi connectivity index (χ4n) is 3.47. The van der Waals surface area contributed by atoms with Crippen molar-refractivity contribution in [2.45, 2.75) is 22.6 Å². The molecule has 2 amide bonds. The van der Waals surface area contributed by atoms with E-state index < -0.39 is 21.7 Å². The molecule has 30 heavy (non-hydrogen) atoms. The van der Waals surface area contributed by atoms with Crippen LogP contribution in [0.4, 0.5) is 15.8 Å². The van der Waals surface area contributed by atoms with Gasteiger partial charge in [0.1, 0.15) is 12.4 Å². The van der Waals surface area contributed by atoms with Gasteiger partial charge in [0.25, 0.3) is 0 Å². The number of nitrogens with zero attached hydrogens (tertiary/aromatic N) is 2. The quantitative estimate of drug-likeness (QED) is 0.759. The van der Waals surface area contributed by atoms with E-state index in [1.54, 1.807) is 12.1 Å². The number of amides is 2. The summed E-state index contributed by atoms with van der Waals surface area (Å²) in [5.41, 5.74) is 0.816. The predicted molar refractivity (Wildman–Crippen MR) is 113 cm³/mol. The fraction of sp³-hybridized carbons (Fsp3) is 0.300. The normalized spacial score (nSPS) is 17.1. The van der Waals surface area contributed by atoms with Crippen LogP contribution in [0, 0.1) is 5.82 Å². The largest absolute Gasteiger partial charge is 0.325 e. The van der Waals surface area contributed by atoms with Crippen molar-refractivity contribution in [1.29, 1.82) is 0 Å². The van der Waals surface area contributed by atoms with E-state index in [0.717, 1.165) is 17.7 Å². The van der Waals surface area contributed by atoms with E-state index in [1.807, 2.05) is 0 Å². The number of carbonyl (C=O) groups excluding carboxylic acids is 2. The first-order valence-corrected chi connectivity index (χ1v) is 11.9. The maximum atomic E-state index is 13.0. The molecule has 1 saturated heterocycles. The fourth-order valence-corrected chi connectivity index (χ4v) is 5.92. The molecule has 2 aliphatic rings. The highest BCUT2D eigenvalue weighted by molar-refractivity contribution is 8.00. The number of thioether (sulfide) groups is 1. The lowest BCUT2D eigenvalue weighted by Gasteiger charge is -2.29. The Hall–Kier alpha value is -2.43. The third kappa shape index (κ3) is 4.21. The number of carbonyl (C=O) groups is 2. The summed E-state index contributed by atoms with van der Waals surface area (Å²) < 4.78 is 40.3. The van der Waals surface area contributed by atoms with E-state index in [-0.39, 0.29) is 23.1 Å². The van der Waals surface area contributed by atoms with E-state index in [9.17, 15) is 22.4 Å². The van der Waals surface area contributed by atoms with Gasteiger partial charge in [-0.15, -0.1) is 11.8 Å². The lowest BCUT2D eigenvalue weighted by molar-refractivity contribution is -0.120. The molecular formula is C20H20FN3O4S2. The van der Waals surface area contributed by atoms with Gasteiger partial charge in [-0.3, -0.25) is 9.59 Å². The summed E-state index contributed by atoms with van der Waals surface area (Å²) in [5, 5.41) is 2.62. The van der Waals surface area contributed by atoms with Gasteiger partial charge < -0.3 is 10.2 Å². The Morgan fingerprint density at radius 1 is 1.10 bits per heavy atom. The van der Waals surface area contributed by atoms with Gasteiger partial charge >= 0.3 is 0 Å². The van der Waals surface area contributed by atoms with Crippen molar-refractivity contribution >= 4 is 45.0 Å². The lowest BCUT2D eigenvalue weighted by Crippen LogP contribution is -2.41. The summed E-state index contributed by atoms with van der Waals surface area (Å²) in [5.74, 6) is -0.996. The molecule has 0 radical (unpaired) electrons. The molecule has 0 aliphatic carbocycles. The van der Waals surface area contributed by atoms with Crippen molar-refractivity contribution in [1.82, 2.24) is 4.31 Å². The Kier molecular flexibility index (Phi) is 5.81. The highest BCUT2D eigenvalue weighted by Crippen LogP contribution is 2.37. The zero-order chi connectivity index (χ0) is 21.3. The number of sulfonamides is 1. The topological polar surface area (TPSA) is 86.8 Å². The summed E-state index contributed by atoms with van der Waals surface area (Å²) in [4.78, 5) is 27.2. The molecule has 2 aromatic rings. The summed E-state index contributed by atoms with van der Waals surface area (Å²) in [6, 6.07) is 10.0. The molecule has 1 N–H and O–H groups in total. The van der Waals surface area contributed by atoms with E-state index in [0.29, 0.717) is 24.5 Å². The summed E-state index contributed by atoms with van der Waals surface area (Å²) in [6.07, 6.45) is 1.66. The van der Waals surface area contributed by atoms with Crippen molar-refractivity contribution in [3.8, 4) is 0 Å². The molecule has 0 atom stereocenters.